The average Bonchev–Trinajstić information content (AvgIpc) is 3.67. The molecule has 1 spiro atoms. The summed E-state index contributed by atoms with van der Waals surface area (Å²) in [6, 6.07) is 0.594. The lowest BCUT2D eigenvalue weighted by Crippen LogP contribution is -2.59. The molecule has 1 saturated heterocycles. The number of likely N-dealkylation sites (tertiary alicyclic amines) is 1. The fraction of sp³-hybridized carbons (Fsp3) is 0.658. The zero-order valence-corrected chi connectivity index (χ0v) is 31.5. The van der Waals surface area contributed by atoms with Crippen LogP contribution in [0.4, 0.5) is 0 Å². The Bertz CT molecular complexity index is 1520. The van der Waals surface area contributed by atoms with E-state index in [1.165, 1.54) is 11.3 Å². The number of aryl methyl sites for hydroxylation is 1. The van der Waals surface area contributed by atoms with E-state index in [0.717, 1.165) is 49.7 Å². The molecular formula is C38H54ClN5O7. The Balaban J connectivity index is 1.43. The summed E-state index contributed by atoms with van der Waals surface area (Å²) in [7, 11) is 1.55. The maximum Gasteiger partial charge on any atom is 0.289 e. The zero-order valence-electron chi connectivity index (χ0n) is 30.8. The van der Waals surface area contributed by atoms with Crippen LogP contribution in [-0.2, 0) is 28.8 Å². The van der Waals surface area contributed by atoms with E-state index in [0.29, 0.717) is 29.3 Å². The molecule has 0 unspecified atom stereocenters. The summed E-state index contributed by atoms with van der Waals surface area (Å²) >= 11 is 6.51. The molecule has 12 nitrogen and oxygen atoms in total. The van der Waals surface area contributed by atoms with Crippen LogP contribution in [0.1, 0.15) is 109 Å². The second kappa shape index (κ2) is 15.9. The molecule has 4 N–H and O–H groups in total. The van der Waals surface area contributed by atoms with Crippen LogP contribution < -0.4 is 26.2 Å². The third kappa shape index (κ3) is 9.24. The second-order valence-corrected chi connectivity index (χ2v) is 16.3. The van der Waals surface area contributed by atoms with Crippen LogP contribution in [-0.4, -0.2) is 77.7 Å². The van der Waals surface area contributed by atoms with Gasteiger partial charge in [-0.3, -0.25) is 34.3 Å². The number of nitrogens with one attached hydrogen (secondary N) is 4. The second-order valence-electron chi connectivity index (χ2n) is 15.9. The fourth-order valence-corrected chi connectivity index (χ4v) is 7.81. The average molecular weight is 728 g/mol. The molecule has 1 aromatic carbocycles. The SMILES string of the molecule is CCC[C@H](NC(=O)[C@@H]1C[C@]2(C=C(c3cc(C)c(OC)c(Cl)c3)NO2)CN1C(=O)[C@@H](NC(=O)CC1CCCCC1)C(C)(C)C)C(=O)C(=O)NC1CC1. The topological polar surface area (TPSA) is 155 Å². The minimum atomic E-state index is -1.12. The standard InChI is InChI=1S/C38H54ClN5O7/c1-7-11-27(31(46)35(48)40-25-14-15-25)41-34(47)29-20-38(19-28(43-51-38)24-16-22(2)32(50-6)26(39)18-24)21-44(29)36(49)33(37(3,4)5)42-30(45)17-23-12-9-8-10-13-23/h16,18-19,23,25,27,29,33,43H,7-15,17,20-21H2,1-6H3,(H,40,48)(H,41,47)(H,42,45)/t27-,29-,33+,38+/m0/s1. The molecule has 4 atom stereocenters. The van der Waals surface area contributed by atoms with Crippen LogP contribution in [0.2, 0.25) is 5.02 Å². The highest BCUT2D eigenvalue weighted by atomic mass is 35.5. The van der Waals surface area contributed by atoms with Crippen molar-refractivity contribution in [2.45, 2.75) is 135 Å². The Labute approximate surface area is 306 Å². The molecule has 4 amide bonds. The van der Waals surface area contributed by atoms with Gasteiger partial charge < -0.3 is 25.6 Å². The van der Waals surface area contributed by atoms with Gasteiger partial charge in [0.25, 0.3) is 5.91 Å². The Morgan fingerprint density at radius 1 is 1.08 bits per heavy atom. The van der Waals surface area contributed by atoms with Crippen molar-refractivity contribution in [3.8, 4) is 5.75 Å². The molecule has 3 fully saturated rings. The molecule has 0 bridgehead atoms. The highest BCUT2D eigenvalue weighted by Gasteiger charge is 2.54. The number of rotatable bonds is 13. The van der Waals surface area contributed by atoms with Gasteiger partial charge in [-0.1, -0.05) is 65.0 Å². The van der Waals surface area contributed by atoms with Crippen LogP contribution >= 0.6 is 11.6 Å². The minimum absolute atomic E-state index is 0.00290. The van der Waals surface area contributed by atoms with Gasteiger partial charge in [0.05, 0.1) is 30.4 Å². The molecule has 280 valence electrons. The van der Waals surface area contributed by atoms with Gasteiger partial charge in [-0.15, -0.1) is 0 Å². The summed E-state index contributed by atoms with van der Waals surface area (Å²) < 4.78 is 5.42. The molecule has 2 saturated carbocycles. The van der Waals surface area contributed by atoms with Crippen LogP contribution in [0, 0.1) is 18.3 Å². The molecule has 13 heteroatoms. The maximum atomic E-state index is 14.6. The highest BCUT2D eigenvalue weighted by Crippen LogP contribution is 2.40. The number of nitrogens with zero attached hydrogens (tertiary/aromatic N) is 1. The number of benzene rings is 1. The molecule has 2 heterocycles. The lowest BCUT2D eigenvalue weighted by atomic mass is 9.84. The van der Waals surface area contributed by atoms with Gasteiger partial charge in [0, 0.05) is 24.4 Å². The monoisotopic (exact) mass is 727 g/mol. The Kier molecular flexibility index (Phi) is 12.1. The number of hydroxylamine groups is 1. The molecule has 4 aliphatic rings. The van der Waals surface area contributed by atoms with Crippen molar-refractivity contribution in [3.05, 3.63) is 34.4 Å². The van der Waals surface area contributed by atoms with Crippen LogP contribution in [0.3, 0.4) is 0 Å². The van der Waals surface area contributed by atoms with E-state index >= 15 is 0 Å². The number of carbonyl (C=O) groups excluding carboxylic acids is 5. The third-order valence-corrected chi connectivity index (χ3v) is 10.7. The van der Waals surface area contributed by atoms with Crippen LogP contribution in [0.15, 0.2) is 18.2 Å². The van der Waals surface area contributed by atoms with E-state index in [2.05, 4.69) is 21.4 Å². The van der Waals surface area contributed by atoms with Crippen molar-refractivity contribution < 1.29 is 33.5 Å². The lowest BCUT2D eigenvalue weighted by Gasteiger charge is -2.36. The first kappa shape index (κ1) is 38.6. The summed E-state index contributed by atoms with van der Waals surface area (Å²) in [5, 5.41) is 8.98. The number of carbonyl (C=O) groups is 5. The van der Waals surface area contributed by atoms with Gasteiger partial charge in [0.2, 0.25) is 23.5 Å². The van der Waals surface area contributed by atoms with Crippen molar-refractivity contribution >= 4 is 46.7 Å². The number of amides is 4. The van der Waals surface area contributed by atoms with Crippen molar-refractivity contribution in [1.29, 1.82) is 0 Å². The van der Waals surface area contributed by atoms with E-state index in [9.17, 15) is 24.0 Å². The normalized spacial score (nSPS) is 23.2. The first-order chi connectivity index (χ1) is 24.1. The predicted molar refractivity (Wildman–Crippen MR) is 193 cm³/mol. The van der Waals surface area contributed by atoms with Gasteiger partial charge in [0.15, 0.2) is 0 Å². The van der Waals surface area contributed by atoms with Crippen LogP contribution in [0.5, 0.6) is 5.75 Å². The summed E-state index contributed by atoms with van der Waals surface area (Å²) in [5.41, 5.74) is 3.35. The van der Waals surface area contributed by atoms with Crippen molar-refractivity contribution in [3.63, 3.8) is 0 Å². The maximum absolute atomic E-state index is 14.6. The van der Waals surface area contributed by atoms with Crippen molar-refractivity contribution in [2.24, 2.45) is 11.3 Å². The molecular weight excluding hydrogens is 674 g/mol. The van der Waals surface area contributed by atoms with Gasteiger partial charge in [-0.05, 0) is 74.1 Å². The minimum Gasteiger partial charge on any atom is -0.495 e. The van der Waals surface area contributed by atoms with E-state index in [4.69, 9.17) is 21.2 Å². The molecule has 51 heavy (non-hydrogen) atoms. The largest absolute Gasteiger partial charge is 0.495 e. The number of methoxy groups -OCH3 is 1. The lowest BCUT2D eigenvalue weighted by molar-refractivity contribution is -0.145. The molecule has 0 aromatic heterocycles. The molecule has 0 radical (unpaired) electrons. The summed E-state index contributed by atoms with van der Waals surface area (Å²) in [6.07, 6.45) is 10.1. The van der Waals surface area contributed by atoms with Gasteiger partial charge in [-0.2, -0.15) is 0 Å². The van der Waals surface area contributed by atoms with Crippen molar-refractivity contribution in [1.82, 2.24) is 26.3 Å². The molecule has 5 rings (SSSR count). The summed E-state index contributed by atoms with van der Waals surface area (Å²) in [6.45, 7) is 9.40. The van der Waals surface area contributed by atoms with E-state index < -0.39 is 52.6 Å². The van der Waals surface area contributed by atoms with E-state index in [1.807, 2.05) is 46.8 Å². The molecule has 2 aliphatic carbocycles. The van der Waals surface area contributed by atoms with Crippen molar-refractivity contribution in [2.75, 3.05) is 13.7 Å². The van der Waals surface area contributed by atoms with Gasteiger partial charge in [0.1, 0.15) is 23.4 Å². The highest BCUT2D eigenvalue weighted by molar-refractivity contribution is 6.38. The smallest absolute Gasteiger partial charge is 0.289 e. The number of hydrogen-bond acceptors (Lipinski definition) is 8. The Hall–Kier alpha value is -3.64. The van der Waals surface area contributed by atoms with E-state index in [1.54, 1.807) is 13.2 Å². The predicted octanol–water partition coefficient (Wildman–Crippen LogP) is 4.51. The van der Waals surface area contributed by atoms with Crippen LogP contribution in [0.25, 0.3) is 5.70 Å². The molecule has 2 aliphatic heterocycles. The Morgan fingerprint density at radius 2 is 1.78 bits per heavy atom. The molecule has 1 aromatic rings. The third-order valence-electron chi connectivity index (χ3n) is 10.4. The number of ketones is 1. The van der Waals surface area contributed by atoms with E-state index in [-0.39, 0.29) is 37.3 Å². The number of ether oxygens (including phenoxy) is 1. The fourth-order valence-electron chi connectivity index (χ4n) is 7.47. The quantitative estimate of drug-likeness (QED) is 0.217. The summed E-state index contributed by atoms with van der Waals surface area (Å²) in [4.78, 5) is 75.8. The first-order valence-corrected chi connectivity index (χ1v) is 18.8. The Morgan fingerprint density at radius 3 is 2.39 bits per heavy atom. The van der Waals surface area contributed by atoms with Gasteiger partial charge in [-0.25, -0.2) is 0 Å². The number of halogens is 1. The summed E-state index contributed by atoms with van der Waals surface area (Å²) in [5.74, 6) is -1.76. The first-order valence-electron chi connectivity index (χ1n) is 18.4. The van der Waals surface area contributed by atoms with Gasteiger partial charge >= 0.3 is 0 Å². The number of hydrogen-bond donors (Lipinski definition) is 4. The zero-order chi connectivity index (χ0) is 37.1. The number of Topliss-reactive ketones (excluding diaryl/α,β-unsaturated/α-hetero) is 1.